The summed E-state index contributed by atoms with van der Waals surface area (Å²) in [7, 11) is 1.94. The SMILES string of the molecule is CC(C)Cc1nc(CN(C)Cc2nc(-c3cccnc3)no2)no1. The summed E-state index contributed by atoms with van der Waals surface area (Å²) in [6, 6.07) is 3.73. The molecule has 3 aromatic heterocycles. The van der Waals surface area contributed by atoms with E-state index < -0.39 is 0 Å². The zero-order valence-corrected chi connectivity index (χ0v) is 14.0. The van der Waals surface area contributed by atoms with E-state index in [9.17, 15) is 0 Å². The molecule has 0 bridgehead atoms. The van der Waals surface area contributed by atoms with Crippen LogP contribution in [0.4, 0.5) is 0 Å². The van der Waals surface area contributed by atoms with E-state index in [0.717, 1.165) is 12.0 Å². The maximum Gasteiger partial charge on any atom is 0.241 e. The summed E-state index contributed by atoms with van der Waals surface area (Å²) in [5.41, 5.74) is 0.826. The van der Waals surface area contributed by atoms with E-state index >= 15 is 0 Å². The molecule has 0 spiro atoms. The van der Waals surface area contributed by atoms with Crippen LogP contribution in [-0.2, 0) is 19.5 Å². The Balaban J connectivity index is 1.58. The van der Waals surface area contributed by atoms with Crippen LogP contribution in [0.2, 0.25) is 0 Å². The molecule has 126 valence electrons. The Morgan fingerprint density at radius 2 is 1.92 bits per heavy atom. The predicted molar refractivity (Wildman–Crippen MR) is 85.5 cm³/mol. The summed E-state index contributed by atoms with van der Waals surface area (Å²) >= 11 is 0. The average Bonchev–Trinajstić information content (AvgIpc) is 3.17. The highest BCUT2D eigenvalue weighted by Gasteiger charge is 2.14. The molecule has 0 radical (unpaired) electrons. The van der Waals surface area contributed by atoms with Crippen molar-refractivity contribution in [1.29, 1.82) is 0 Å². The summed E-state index contributed by atoms with van der Waals surface area (Å²) in [6.07, 6.45) is 4.19. The number of hydrogen-bond acceptors (Lipinski definition) is 8. The Kier molecular flexibility index (Phi) is 4.95. The van der Waals surface area contributed by atoms with Gasteiger partial charge >= 0.3 is 0 Å². The Bertz CT molecular complexity index is 768. The molecular formula is C16H20N6O2. The van der Waals surface area contributed by atoms with Gasteiger partial charge in [-0.1, -0.05) is 24.2 Å². The topological polar surface area (TPSA) is 94.0 Å². The van der Waals surface area contributed by atoms with Gasteiger partial charge in [-0.2, -0.15) is 9.97 Å². The standard InChI is InChI=1S/C16H20N6O2/c1-11(2)7-14-18-13(20-23-14)9-22(3)10-15-19-16(21-24-15)12-5-4-6-17-8-12/h4-6,8,11H,7,9-10H2,1-3H3. The summed E-state index contributed by atoms with van der Waals surface area (Å²) in [6.45, 7) is 5.28. The fourth-order valence-electron chi connectivity index (χ4n) is 2.25. The van der Waals surface area contributed by atoms with Crippen LogP contribution in [0.3, 0.4) is 0 Å². The van der Waals surface area contributed by atoms with Crippen LogP contribution in [0.15, 0.2) is 33.6 Å². The lowest BCUT2D eigenvalue weighted by atomic mass is 10.1. The first-order valence-electron chi connectivity index (χ1n) is 7.83. The third-order valence-electron chi connectivity index (χ3n) is 3.30. The molecule has 0 saturated heterocycles. The fraction of sp³-hybridized carbons (Fsp3) is 0.438. The van der Waals surface area contributed by atoms with Crippen LogP contribution >= 0.6 is 0 Å². The molecule has 3 aromatic rings. The van der Waals surface area contributed by atoms with Crippen molar-refractivity contribution in [3.05, 3.63) is 42.1 Å². The summed E-state index contributed by atoms with van der Waals surface area (Å²) in [5, 5.41) is 7.98. The molecule has 0 N–H and O–H groups in total. The third kappa shape index (κ3) is 4.23. The minimum atomic E-state index is 0.486. The lowest BCUT2D eigenvalue weighted by Crippen LogP contribution is -2.18. The van der Waals surface area contributed by atoms with Crippen LogP contribution in [0.1, 0.15) is 31.5 Å². The summed E-state index contributed by atoms with van der Waals surface area (Å²) in [4.78, 5) is 14.8. The zero-order chi connectivity index (χ0) is 16.9. The van der Waals surface area contributed by atoms with Crippen molar-refractivity contribution in [2.75, 3.05) is 7.05 Å². The quantitative estimate of drug-likeness (QED) is 0.652. The highest BCUT2D eigenvalue weighted by atomic mass is 16.5. The van der Waals surface area contributed by atoms with Gasteiger partial charge in [0.15, 0.2) is 5.82 Å². The molecule has 0 amide bonds. The lowest BCUT2D eigenvalue weighted by molar-refractivity contribution is 0.252. The normalized spacial score (nSPS) is 11.5. The van der Waals surface area contributed by atoms with Gasteiger partial charge in [0.2, 0.25) is 17.6 Å². The van der Waals surface area contributed by atoms with E-state index in [1.807, 2.05) is 24.1 Å². The molecule has 0 unspecified atom stereocenters. The van der Waals surface area contributed by atoms with Gasteiger partial charge in [-0.05, 0) is 25.1 Å². The molecule has 3 heterocycles. The minimum Gasteiger partial charge on any atom is -0.339 e. The zero-order valence-electron chi connectivity index (χ0n) is 14.0. The number of pyridine rings is 1. The van der Waals surface area contributed by atoms with E-state index in [1.54, 1.807) is 12.4 Å². The molecule has 8 nitrogen and oxygen atoms in total. The van der Waals surface area contributed by atoms with Crippen LogP contribution in [-0.4, -0.2) is 37.2 Å². The van der Waals surface area contributed by atoms with Crippen LogP contribution in [0.5, 0.6) is 0 Å². The van der Waals surface area contributed by atoms with Gasteiger partial charge in [0.1, 0.15) is 0 Å². The molecule has 0 aromatic carbocycles. The van der Waals surface area contributed by atoms with Crippen molar-refractivity contribution in [2.45, 2.75) is 33.4 Å². The largest absolute Gasteiger partial charge is 0.339 e. The maximum absolute atomic E-state index is 5.29. The molecule has 8 heteroatoms. The van der Waals surface area contributed by atoms with Crippen molar-refractivity contribution in [3.63, 3.8) is 0 Å². The number of nitrogens with zero attached hydrogens (tertiary/aromatic N) is 6. The van der Waals surface area contributed by atoms with E-state index in [0.29, 0.717) is 42.4 Å². The Morgan fingerprint density at radius 3 is 2.67 bits per heavy atom. The minimum absolute atomic E-state index is 0.486. The smallest absolute Gasteiger partial charge is 0.241 e. The molecule has 0 atom stereocenters. The Hall–Kier alpha value is -2.61. The van der Waals surface area contributed by atoms with Crippen molar-refractivity contribution in [1.82, 2.24) is 30.2 Å². The van der Waals surface area contributed by atoms with Crippen molar-refractivity contribution < 1.29 is 9.05 Å². The van der Waals surface area contributed by atoms with Crippen LogP contribution < -0.4 is 0 Å². The first-order chi connectivity index (χ1) is 11.6. The molecule has 0 aliphatic heterocycles. The first kappa shape index (κ1) is 16.3. The third-order valence-corrected chi connectivity index (χ3v) is 3.30. The Labute approximate surface area is 139 Å². The number of hydrogen-bond donors (Lipinski definition) is 0. The molecule has 0 aliphatic carbocycles. The fourth-order valence-corrected chi connectivity index (χ4v) is 2.25. The maximum atomic E-state index is 5.29. The van der Waals surface area contributed by atoms with Gasteiger partial charge in [0.25, 0.3) is 0 Å². The van der Waals surface area contributed by atoms with E-state index in [2.05, 4.69) is 39.1 Å². The number of aromatic nitrogens is 5. The molecule has 24 heavy (non-hydrogen) atoms. The summed E-state index contributed by atoms with van der Waals surface area (Å²) < 4.78 is 10.5. The molecule has 0 fully saturated rings. The van der Waals surface area contributed by atoms with Gasteiger partial charge in [-0.25, -0.2) is 0 Å². The average molecular weight is 328 g/mol. The van der Waals surface area contributed by atoms with Crippen molar-refractivity contribution in [2.24, 2.45) is 5.92 Å². The lowest BCUT2D eigenvalue weighted by Gasteiger charge is -2.10. The van der Waals surface area contributed by atoms with Gasteiger partial charge in [-0.15, -0.1) is 0 Å². The van der Waals surface area contributed by atoms with E-state index in [-0.39, 0.29) is 0 Å². The van der Waals surface area contributed by atoms with Gasteiger partial charge in [0.05, 0.1) is 13.1 Å². The second kappa shape index (κ2) is 7.31. The highest BCUT2D eigenvalue weighted by molar-refractivity contribution is 5.51. The van der Waals surface area contributed by atoms with Gasteiger partial charge in [-0.3, -0.25) is 9.88 Å². The highest BCUT2D eigenvalue weighted by Crippen LogP contribution is 2.15. The molecule has 3 rings (SSSR count). The molecule has 0 aliphatic rings. The van der Waals surface area contributed by atoms with Crippen molar-refractivity contribution >= 4 is 0 Å². The van der Waals surface area contributed by atoms with Crippen molar-refractivity contribution in [3.8, 4) is 11.4 Å². The molecular weight excluding hydrogens is 308 g/mol. The van der Waals surface area contributed by atoms with Gasteiger partial charge in [0, 0.05) is 24.4 Å². The number of rotatable bonds is 7. The summed E-state index contributed by atoms with van der Waals surface area (Å²) in [5.74, 6) is 2.87. The molecule has 0 saturated carbocycles. The van der Waals surface area contributed by atoms with Crippen LogP contribution in [0, 0.1) is 5.92 Å². The monoisotopic (exact) mass is 328 g/mol. The van der Waals surface area contributed by atoms with E-state index in [1.165, 1.54) is 0 Å². The Morgan fingerprint density at radius 1 is 1.08 bits per heavy atom. The van der Waals surface area contributed by atoms with E-state index in [4.69, 9.17) is 9.05 Å². The predicted octanol–water partition coefficient (Wildman–Crippen LogP) is 2.35. The van der Waals surface area contributed by atoms with Crippen LogP contribution in [0.25, 0.3) is 11.4 Å². The first-order valence-corrected chi connectivity index (χ1v) is 7.83. The second-order valence-electron chi connectivity index (χ2n) is 6.13. The van der Waals surface area contributed by atoms with Gasteiger partial charge < -0.3 is 9.05 Å². The second-order valence-corrected chi connectivity index (χ2v) is 6.13.